The summed E-state index contributed by atoms with van der Waals surface area (Å²) >= 11 is 1.65. The van der Waals surface area contributed by atoms with Crippen molar-refractivity contribution in [2.24, 2.45) is 0 Å². The van der Waals surface area contributed by atoms with Crippen LogP contribution in [0.3, 0.4) is 0 Å². The largest absolute Gasteiger partial charge is 0.378 e. The fraction of sp³-hybridized carbons (Fsp3) is 0.269. The minimum Gasteiger partial charge on any atom is -0.378 e. The zero-order valence-corrected chi connectivity index (χ0v) is 21.7. The summed E-state index contributed by atoms with van der Waals surface area (Å²) in [6.07, 6.45) is 3.22. The van der Waals surface area contributed by atoms with Gasteiger partial charge in [0, 0.05) is 35.1 Å². The van der Waals surface area contributed by atoms with Crippen LogP contribution in [0.1, 0.15) is 29.1 Å². The smallest absolute Gasteiger partial charge is 0.276 e. The van der Waals surface area contributed by atoms with Crippen LogP contribution < -0.4 is 15.7 Å². The van der Waals surface area contributed by atoms with Gasteiger partial charge in [0.2, 0.25) is 0 Å². The molecular weight excluding hydrogens is 504 g/mol. The van der Waals surface area contributed by atoms with Crippen molar-refractivity contribution in [3.05, 3.63) is 59.2 Å². The van der Waals surface area contributed by atoms with E-state index in [1.165, 1.54) is 6.20 Å². The van der Waals surface area contributed by atoms with Crippen molar-refractivity contribution in [3.63, 3.8) is 0 Å². The molecule has 0 unspecified atom stereocenters. The molecule has 0 saturated carbocycles. The number of fused-ring (bicyclic) bond motifs is 2. The standard InChI is InChI=1S/C26H26N8O3S/c1-26(2,31-21-7-6-15(13-27-21)25(35)33-36)20-12-19-22(38-20)24(34-8-10-37-11-9-34)30-23(29-19)16-4-3-5-18-17(16)14-28-32-18/h3-7,12-14,36H,8-11H2,1-2H3,(H,27,31)(H,28,32)(H,33,35). The highest BCUT2D eigenvalue weighted by Gasteiger charge is 2.27. The maximum Gasteiger partial charge on any atom is 0.276 e. The third-order valence-electron chi connectivity index (χ3n) is 6.57. The quantitative estimate of drug-likeness (QED) is 0.190. The summed E-state index contributed by atoms with van der Waals surface area (Å²) in [5.74, 6) is 1.55. The monoisotopic (exact) mass is 530 g/mol. The highest BCUT2D eigenvalue weighted by Crippen LogP contribution is 2.40. The van der Waals surface area contributed by atoms with E-state index >= 15 is 0 Å². The van der Waals surface area contributed by atoms with Crippen LogP contribution >= 0.6 is 11.3 Å². The molecule has 0 bridgehead atoms. The summed E-state index contributed by atoms with van der Waals surface area (Å²) in [5, 5.41) is 20.5. The van der Waals surface area contributed by atoms with Gasteiger partial charge in [0.1, 0.15) is 5.82 Å². The molecule has 1 amide bonds. The van der Waals surface area contributed by atoms with E-state index in [9.17, 15) is 4.79 Å². The number of thiophene rings is 1. The number of rotatable bonds is 6. The fourth-order valence-electron chi connectivity index (χ4n) is 4.54. The van der Waals surface area contributed by atoms with Gasteiger partial charge in [-0.15, -0.1) is 11.3 Å². The highest BCUT2D eigenvalue weighted by atomic mass is 32.1. The summed E-state index contributed by atoms with van der Waals surface area (Å²) in [6.45, 7) is 6.96. The van der Waals surface area contributed by atoms with Crippen molar-refractivity contribution >= 4 is 50.0 Å². The fourth-order valence-corrected chi connectivity index (χ4v) is 5.72. The van der Waals surface area contributed by atoms with Crippen LogP contribution in [-0.4, -0.2) is 62.6 Å². The number of aromatic nitrogens is 5. The van der Waals surface area contributed by atoms with E-state index in [1.54, 1.807) is 35.1 Å². The molecule has 6 rings (SSSR count). The Morgan fingerprint density at radius 2 is 2.00 bits per heavy atom. The Bertz CT molecular complexity index is 1620. The van der Waals surface area contributed by atoms with Crippen molar-refractivity contribution < 1.29 is 14.7 Å². The average Bonchev–Trinajstić information content (AvgIpc) is 3.60. The normalized spacial score (nSPS) is 14.2. The van der Waals surface area contributed by atoms with Crippen LogP contribution in [0.2, 0.25) is 0 Å². The van der Waals surface area contributed by atoms with Gasteiger partial charge >= 0.3 is 0 Å². The molecule has 1 aromatic carbocycles. The van der Waals surface area contributed by atoms with Crippen LogP contribution in [0.25, 0.3) is 32.5 Å². The van der Waals surface area contributed by atoms with Gasteiger partial charge in [-0.3, -0.25) is 15.1 Å². The molecule has 1 saturated heterocycles. The van der Waals surface area contributed by atoms with Gasteiger partial charge in [-0.05, 0) is 38.1 Å². The lowest BCUT2D eigenvalue weighted by Gasteiger charge is -2.28. The number of hydrogen-bond acceptors (Lipinski definition) is 10. The SMILES string of the molecule is CC(C)(Nc1ccc(C(=O)NO)cn1)c1cc2nc(-c3cccc4[nH]ncc34)nc(N3CCOCC3)c2s1. The number of benzene rings is 1. The molecule has 5 heterocycles. The van der Waals surface area contributed by atoms with Crippen LogP contribution in [0, 0.1) is 0 Å². The Hall–Kier alpha value is -4.13. The Morgan fingerprint density at radius 3 is 2.76 bits per heavy atom. The molecule has 0 radical (unpaired) electrons. The Kier molecular flexibility index (Phi) is 6.14. The summed E-state index contributed by atoms with van der Waals surface area (Å²) < 4.78 is 6.62. The van der Waals surface area contributed by atoms with Gasteiger partial charge in [-0.2, -0.15) is 5.10 Å². The Morgan fingerprint density at radius 1 is 1.16 bits per heavy atom. The number of amides is 1. The first-order chi connectivity index (χ1) is 18.4. The van der Waals surface area contributed by atoms with Crippen molar-refractivity contribution in [1.29, 1.82) is 0 Å². The molecule has 1 fully saturated rings. The number of anilines is 2. The molecule has 0 aliphatic carbocycles. The van der Waals surface area contributed by atoms with Gasteiger partial charge in [-0.1, -0.05) is 12.1 Å². The van der Waals surface area contributed by atoms with Gasteiger partial charge < -0.3 is 15.0 Å². The number of carbonyl (C=O) groups is 1. The second-order valence-corrected chi connectivity index (χ2v) is 10.6. The maximum absolute atomic E-state index is 11.6. The molecule has 4 aromatic heterocycles. The molecule has 4 N–H and O–H groups in total. The number of nitrogens with one attached hydrogen (secondary N) is 3. The minimum absolute atomic E-state index is 0.267. The maximum atomic E-state index is 11.6. The van der Waals surface area contributed by atoms with Crippen LogP contribution in [0.4, 0.5) is 11.6 Å². The summed E-state index contributed by atoms with van der Waals surface area (Å²) in [6, 6.07) is 11.4. The van der Waals surface area contributed by atoms with Gasteiger partial charge in [0.05, 0.1) is 46.2 Å². The minimum atomic E-state index is -0.607. The van der Waals surface area contributed by atoms with E-state index < -0.39 is 11.4 Å². The Balaban J connectivity index is 1.41. The number of hydroxylamine groups is 1. The zero-order valence-electron chi connectivity index (χ0n) is 20.9. The van der Waals surface area contributed by atoms with Crippen LogP contribution in [-0.2, 0) is 10.3 Å². The number of carbonyl (C=O) groups excluding carboxylic acids is 1. The van der Waals surface area contributed by atoms with Crippen LogP contribution in [0.5, 0.6) is 0 Å². The van der Waals surface area contributed by atoms with E-state index in [2.05, 4.69) is 45.3 Å². The molecule has 11 nitrogen and oxygen atoms in total. The van der Waals surface area contributed by atoms with E-state index in [0.29, 0.717) is 24.9 Å². The summed E-state index contributed by atoms with van der Waals surface area (Å²) in [4.78, 5) is 29.4. The number of pyridine rings is 1. The average molecular weight is 531 g/mol. The first-order valence-electron chi connectivity index (χ1n) is 12.2. The van der Waals surface area contributed by atoms with Gasteiger partial charge in [-0.25, -0.2) is 20.4 Å². The molecule has 0 spiro atoms. The van der Waals surface area contributed by atoms with E-state index in [1.807, 2.05) is 18.2 Å². The third kappa shape index (κ3) is 4.42. The second-order valence-electron chi connectivity index (χ2n) is 9.56. The predicted octanol–water partition coefficient (Wildman–Crippen LogP) is 3.93. The highest BCUT2D eigenvalue weighted by molar-refractivity contribution is 7.19. The van der Waals surface area contributed by atoms with Crippen LogP contribution in [0.15, 0.2) is 48.8 Å². The third-order valence-corrected chi connectivity index (χ3v) is 8.02. The summed E-state index contributed by atoms with van der Waals surface area (Å²) in [7, 11) is 0. The number of ether oxygens (including phenoxy) is 1. The van der Waals surface area contributed by atoms with Gasteiger partial charge in [0.25, 0.3) is 5.91 Å². The second kappa shape index (κ2) is 9.63. The van der Waals surface area contributed by atoms with Gasteiger partial charge in [0.15, 0.2) is 11.6 Å². The lowest BCUT2D eigenvalue weighted by atomic mass is 10.0. The summed E-state index contributed by atoms with van der Waals surface area (Å²) in [5.41, 5.74) is 4.12. The van der Waals surface area contributed by atoms with E-state index in [-0.39, 0.29) is 5.56 Å². The topological polar surface area (TPSA) is 141 Å². The number of aromatic amines is 1. The molecule has 1 aliphatic rings. The predicted molar refractivity (Wildman–Crippen MR) is 146 cm³/mol. The van der Waals surface area contributed by atoms with E-state index in [0.717, 1.165) is 50.5 Å². The van der Waals surface area contributed by atoms with E-state index in [4.69, 9.17) is 19.9 Å². The zero-order chi connectivity index (χ0) is 26.3. The molecule has 0 atom stereocenters. The molecule has 194 valence electrons. The van der Waals surface area contributed by atoms with Crippen molar-refractivity contribution in [1.82, 2.24) is 30.6 Å². The number of hydrogen-bond donors (Lipinski definition) is 4. The Labute approximate surface area is 221 Å². The molecule has 12 heteroatoms. The molecular formula is C26H26N8O3S. The molecule has 1 aliphatic heterocycles. The lowest BCUT2D eigenvalue weighted by molar-refractivity contribution is 0.0706. The lowest BCUT2D eigenvalue weighted by Crippen LogP contribution is -2.36. The molecule has 38 heavy (non-hydrogen) atoms. The van der Waals surface area contributed by atoms with Crippen molar-refractivity contribution in [3.8, 4) is 11.4 Å². The first-order valence-corrected chi connectivity index (χ1v) is 13.0. The number of H-pyrrole nitrogens is 1. The number of morpholine rings is 1. The van der Waals surface area contributed by atoms with Crippen molar-refractivity contribution in [2.75, 3.05) is 36.5 Å². The van der Waals surface area contributed by atoms with Crippen molar-refractivity contribution in [2.45, 2.75) is 19.4 Å². The first kappa shape index (κ1) is 24.2. The molecule has 5 aromatic rings. The number of nitrogens with zero attached hydrogens (tertiary/aromatic N) is 5.